The van der Waals surface area contributed by atoms with Crippen LogP contribution in [0.15, 0.2) is 30.6 Å². The minimum absolute atomic E-state index is 0.0457. The van der Waals surface area contributed by atoms with Crippen LogP contribution in [0.3, 0.4) is 0 Å². The fourth-order valence-corrected chi connectivity index (χ4v) is 1.39. The maximum atomic E-state index is 12.7. The number of hydrogen-bond donors (Lipinski definition) is 0. The molecule has 1 aromatic heterocycles. The van der Waals surface area contributed by atoms with Gasteiger partial charge in [0, 0.05) is 0 Å². The lowest BCUT2D eigenvalue weighted by Gasteiger charge is -2.20. The van der Waals surface area contributed by atoms with E-state index in [0.29, 0.717) is 11.0 Å². The van der Waals surface area contributed by atoms with Gasteiger partial charge in [0.25, 0.3) is 5.82 Å². The summed E-state index contributed by atoms with van der Waals surface area (Å²) in [4.78, 5) is 3.00. The van der Waals surface area contributed by atoms with Crippen LogP contribution in [0.5, 0.6) is 5.75 Å². The van der Waals surface area contributed by atoms with E-state index in [0.717, 1.165) is 24.3 Å². The Hall–Kier alpha value is -2.40. The van der Waals surface area contributed by atoms with Crippen LogP contribution in [0, 0.1) is 0 Å². The minimum atomic E-state index is -5.90. The van der Waals surface area contributed by atoms with Crippen LogP contribution in [-0.2, 0) is 6.18 Å². The third-order valence-corrected chi connectivity index (χ3v) is 2.42. The number of rotatable bonds is 3. The molecule has 4 nitrogen and oxygen atoms in total. The van der Waals surface area contributed by atoms with Gasteiger partial charge in [0.05, 0.1) is 5.69 Å². The summed E-state index contributed by atoms with van der Waals surface area (Å²) in [6, 6.07) is 3.33. The zero-order chi connectivity index (χ0) is 17.5. The molecule has 12 heteroatoms. The summed E-state index contributed by atoms with van der Waals surface area (Å²) in [5, 5.41) is 3.11. The van der Waals surface area contributed by atoms with Gasteiger partial charge in [-0.15, -0.1) is 5.10 Å². The Morgan fingerprint density at radius 1 is 0.870 bits per heavy atom. The molecular formula is C11H5F8N3O. The third kappa shape index (κ3) is 3.68. The number of benzene rings is 1. The summed E-state index contributed by atoms with van der Waals surface area (Å²) in [5.74, 6) is -2.26. The van der Waals surface area contributed by atoms with Gasteiger partial charge in [-0.1, -0.05) is 0 Å². The Morgan fingerprint density at radius 2 is 1.43 bits per heavy atom. The van der Waals surface area contributed by atoms with Gasteiger partial charge in [-0.2, -0.15) is 35.1 Å². The van der Waals surface area contributed by atoms with Crippen molar-refractivity contribution in [3.63, 3.8) is 0 Å². The highest BCUT2D eigenvalue weighted by molar-refractivity contribution is 5.36. The molecule has 0 atom stereocenters. The van der Waals surface area contributed by atoms with Gasteiger partial charge in [-0.05, 0) is 24.3 Å². The smallest absolute Gasteiger partial charge is 0.426 e. The maximum absolute atomic E-state index is 12.7. The van der Waals surface area contributed by atoms with Gasteiger partial charge in [-0.3, -0.25) is 0 Å². The van der Waals surface area contributed by atoms with Gasteiger partial charge in [0.2, 0.25) is 0 Å². The van der Waals surface area contributed by atoms with Gasteiger partial charge >= 0.3 is 18.5 Å². The SMILES string of the molecule is FC(F)(F)c1ncn(-c2ccc(OC(F)(F)C(F)(F)F)cc2)n1. The van der Waals surface area contributed by atoms with E-state index in [-0.39, 0.29) is 5.69 Å². The van der Waals surface area contributed by atoms with Gasteiger partial charge in [0.1, 0.15) is 12.1 Å². The van der Waals surface area contributed by atoms with Crippen molar-refractivity contribution in [1.82, 2.24) is 14.8 Å². The Balaban J connectivity index is 2.19. The van der Waals surface area contributed by atoms with Gasteiger partial charge in [0.15, 0.2) is 0 Å². The zero-order valence-corrected chi connectivity index (χ0v) is 10.7. The molecule has 0 fully saturated rings. The molecule has 1 heterocycles. The van der Waals surface area contributed by atoms with Crippen LogP contribution in [0.2, 0.25) is 0 Å². The van der Waals surface area contributed by atoms with E-state index in [9.17, 15) is 35.1 Å². The summed E-state index contributed by atoms with van der Waals surface area (Å²) in [7, 11) is 0. The van der Waals surface area contributed by atoms with E-state index >= 15 is 0 Å². The molecule has 126 valence electrons. The fraction of sp³-hybridized carbons (Fsp3) is 0.273. The second-order valence-corrected chi connectivity index (χ2v) is 4.12. The predicted molar refractivity (Wildman–Crippen MR) is 58.0 cm³/mol. The van der Waals surface area contributed by atoms with Crippen LogP contribution in [0.4, 0.5) is 35.1 Å². The van der Waals surface area contributed by atoms with E-state index in [4.69, 9.17) is 0 Å². The van der Waals surface area contributed by atoms with E-state index < -0.39 is 30.0 Å². The molecule has 0 saturated carbocycles. The topological polar surface area (TPSA) is 39.9 Å². The van der Waals surface area contributed by atoms with E-state index in [1.54, 1.807) is 0 Å². The van der Waals surface area contributed by atoms with Crippen molar-refractivity contribution >= 4 is 0 Å². The van der Waals surface area contributed by atoms with Crippen molar-refractivity contribution in [2.75, 3.05) is 0 Å². The first-order valence-corrected chi connectivity index (χ1v) is 5.63. The van der Waals surface area contributed by atoms with Crippen molar-refractivity contribution in [3.8, 4) is 11.4 Å². The van der Waals surface area contributed by atoms with Crippen LogP contribution in [0.25, 0.3) is 5.69 Å². The number of halogens is 8. The standard InChI is InChI=1S/C11H5F8N3O/c12-9(13,14)8-20-5-22(21-8)6-1-3-7(4-2-6)23-11(18,19)10(15,16)17/h1-5H. The lowest BCUT2D eigenvalue weighted by atomic mass is 10.3. The van der Waals surface area contributed by atoms with Crippen molar-refractivity contribution < 1.29 is 39.9 Å². The second-order valence-electron chi connectivity index (χ2n) is 4.12. The van der Waals surface area contributed by atoms with Crippen molar-refractivity contribution in [2.24, 2.45) is 0 Å². The quantitative estimate of drug-likeness (QED) is 0.793. The van der Waals surface area contributed by atoms with Gasteiger partial charge in [-0.25, -0.2) is 9.67 Å². The molecule has 2 aromatic rings. The average molecular weight is 347 g/mol. The highest BCUT2D eigenvalue weighted by Crippen LogP contribution is 2.37. The summed E-state index contributed by atoms with van der Waals surface area (Å²) < 4.78 is 102. The number of alkyl halides is 8. The van der Waals surface area contributed by atoms with Gasteiger partial charge < -0.3 is 4.74 Å². The molecule has 0 spiro atoms. The molecule has 23 heavy (non-hydrogen) atoms. The summed E-state index contributed by atoms with van der Waals surface area (Å²) in [6.07, 6.45) is -15.4. The summed E-state index contributed by atoms with van der Waals surface area (Å²) in [6.45, 7) is 0. The number of nitrogens with zero attached hydrogens (tertiary/aromatic N) is 3. The van der Waals surface area contributed by atoms with E-state index in [1.807, 2.05) is 0 Å². The number of aromatic nitrogens is 3. The van der Waals surface area contributed by atoms with Crippen LogP contribution < -0.4 is 4.74 Å². The minimum Gasteiger partial charge on any atom is -0.426 e. The maximum Gasteiger partial charge on any atom is 0.499 e. The molecule has 1 aromatic carbocycles. The average Bonchev–Trinajstić information content (AvgIpc) is 2.87. The molecule has 0 unspecified atom stereocenters. The molecule has 2 rings (SSSR count). The number of hydrogen-bond acceptors (Lipinski definition) is 3. The highest BCUT2D eigenvalue weighted by atomic mass is 19.4. The fourth-order valence-electron chi connectivity index (χ4n) is 1.39. The lowest BCUT2D eigenvalue weighted by molar-refractivity contribution is -0.360. The van der Waals surface area contributed by atoms with Crippen molar-refractivity contribution in [3.05, 3.63) is 36.4 Å². The molecule has 0 aliphatic carbocycles. The molecule has 0 bridgehead atoms. The monoisotopic (exact) mass is 347 g/mol. The predicted octanol–water partition coefficient (Wildman–Crippen LogP) is 3.82. The molecule has 0 aliphatic rings. The summed E-state index contributed by atoms with van der Waals surface area (Å²) in [5.41, 5.74) is -0.0457. The Labute approximate surface area is 122 Å². The Bertz CT molecular complexity index is 674. The van der Waals surface area contributed by atoms with Crippen LogP contribution in [0.1, 0.15) is 5.82 Å². The molecule has 0 radical (unpaired) electrons. The Morgan fingerprint density at radius 3 is 1.87 bits per heavy atom. The molecule has 0 amide bonds. The lowest BCUT2D eigenvalue weighted by Crippen LogP contribution is -2.41. The first-order valence-electron chi connectivity index (χ1n) is 5.63. The van der Waals surface area contributed by atoms with Crippen molar-refractivity contribution in [1.29, 1.82) is 0 Å². The van der Waals surface area contributed by atoms with Crippen molar-refractivity contribution in [2.45, 2.75) is 18.5 Å². The second kappa shape index (κ2) is 5.35. The Kier molecular flexibility index (Phi) is 3.95. The molecule has 0 aliphatic heterocycles. The molecular weight excluding hydrogens is 342 g/mol. The first kappa shape index (κ1) is 17.0. The normalized spacial score (nSPS) is 13.2. The van der Waals surface area contributed by atoms with E-state index in [2.05, 4.69) is 14.8 Å². The molecule has 0 N–H and O–H groups in total. The van der Waals surface area contributed by atoms with Crippen LogP contribution >= 0.6 is 0 Å². The zero-order valence-electron chi connectivity index (χ0n) is 10.7. The summed E-state index contributed by atoms with van der Waals surface area (Å²) >= 11 is 0. The van der Waals surface area contributed by atoms with Crippen LogP contribution in [-0.4, -0.2) is 27.0 Å². The largest absolute Gasteiger partial charge is 0.499 e. The highest BCUT2D eigenvalue weighted by Gasteiger charge is 2.61. The third-order valence-electron chi connectivity index (χ3n) is 2.42. The molecule has 0 saturated heterocycles. The van der Waals surface area contributed by atoms with E-state index in [1.165, 1.54) is 0 Å². The first-order chi connectivity index (χ1) is 10.4. The number of ether oxygens (including phenoxy) is 1.